The number of carbonyl (C=O) groups excluding carboxylic acids is 2. The Morgan fingerprint density at radius 2 is 1.79 bits per heavy atom. The first-order valence-corrected chi connectivity index (χ1v) is 8.22. The molecule has 0 aliphatic carbocycles. The standard InChI is InChI=1S/C19H15N5O4/c20-9-13-5-1-4-8-16(13)28-11-18(26)23-22-17(25)10-24-12-21-15-7-3-2-6-14(15)19(24)27/h1-8,12H,10-11H2,(H,22,25)(H,23,26). The average molecular weight is 377 g/mol. The van der Waals surface area contributed by atoms with E-state index in [1.54, 1.807) is 48.5 Å². The van der Waals surface area contributed by atoms with Crippen LogP contribution in [0, 0.1) is 11.3 Å². The fraction of sp³-hybridized carbons (Fsp3) is 0.105. The second kappa shape index (κ2) is 8.46. The average Bonchev–Trinajstić information content (AvgIpc) is 2.73. The van der Waals surface area contributed by atoms with E-state index in [-0.39, 0.29) is 17.9 Å². The van der Waals surface area contributed by atoms with Crippen molar-refractivity contribution in [1.82, 2.24) is 20.4 Å². The van der Waals surface area contributed by atoms with Gasteiger partial charge in [-0.25, -0.2) is 4.98 Å². The molecular formula is C19H15N5O4. The van der Waals surface area contributed by atoms with Crippen LogP contribution < -0.4 is 21.1 Å². The summed E-state index contributed by atoms with van der Waals surface area (Å²) in [4.78, 5) is 40.2. The second-order valence-electron chi connectivity index (χ2n) is 5.69. The van der Waals surface area contributed by atoms with Crippen LogP contribution in [0.25, 0.3) is 10.9 Å². The Kier molecular flexibility index (Phi) is 5.62. The first kappa shape index (κ1) is 18.6. The minimum absolute atomic E-state index is 0.264. The summed E-state index contributed by atoms with van der Waals surface area (Å²) in [7, 11) is 0. The van der Waals surface area contributed by atoms with Crippen molar-refractivity contribution in [2.75, 3.05) is 6.61 Å². The van der Waals surface area contributed by atoms with Crippen LogP contribution in [0.3, 0.4) is 0 Å². The van der Waals surface area contributed by atoms with E-state index < -0.39 is 18.4 Å². The van der Waals surface area contributed by atoms with E-state index in [0.29, 0.717) is 16.5 Å². The molecule has 0 fully saturated rings. The third-order valence-electron chi connectivity index (χ3n) is 3.75. The molecule has 1 aromatic heterocycles. The number of aromatic nitrogens is 2. The molecule has 0 saturated carbocycles. The van der Waals surface area contributed by atoms with E-state index in [2.05, 4.69) is 15.8 Å². The molecule has 3 rings (SSSR count). The second-order valence-corrected chi connectivity index (χ2v) is 5.69. The van der Waals surface area contributed by atoms with Crippen LogP contribution >= 0.6 is 0 Å². The molecule has 9 heteroatoms. The number of nitrogens with one attached hydrogen (secondary N) is 2. The third kappa shape index (κ3) is 4.31. The molecule has 28 heavy (non-hydrogen) atoms. The molecule has 9 nitrogen and oxygen atoms in total. The van der Waals surface area contributed by atoms with Crippen molar-refractivity contribution in [1.29, 1.82) is 5.26 Å². The van der Waals surface area contributed by atoms with Crippen LogP contribution in [0.4, 0.5) is 0 Å². The van der Waals surface area contributed by atoms with Crippen molar-refractivity contribution < 1.29 is 14.3 Å². The minimum Gasteiger partial charge on any atom is -0.482 e. The van der Waals surface area contributed by atoms with E-state index >= 15 is 0 Å². The van der Waals surface area contributed by atoms with Gasteiger partial charge >= 0.3 is 0 Å². The summed E-state index contributed by atoms with van der Waals surface area (Å²) in [5.41, 5.74) is 4.86. The summed E-state index contributed by atoms with van der Waals surface area (Å²) in [5.74, 6) is -0.963. The van der Waals surface area contributed by atoms with Crippen LogP contribution in [-0.2, 0) is 16.1 Å². The number of carbonyl (C=O) groups is 2. The van der Waals surface area contributed by atoms with Crippen LogP contribution in [-0.4, -0.2) is 28.0 Å². The molecule has 2 amide bonds. The Morgan fingerprint density at radius 3 is 2.61 bits per heavy atom. The lowest BCUT2D eigenvalue weighted by atomic mass is 10.2. The number of hydrogen-bond donors (Lipinski definition) is 2. The van der Waals surface area contributed by atoms with E-state index in [1.807, 2.05) is 6.07 Å². The number of nitrogens with zero attached hydrogens (tertiary/aromatic N) is 3. The van der Waals surface area contributed by atoms with Crippen molar-refractivity contribution in [2.24, 2.45) is 0 Å². The van der Waals surface area contributed by atoms with Gasteiger partial charge in [0, 0.05) is 0 Å². The van der Waals surface area contributed by atoms with Crippen molar-refractivity contribution in [3.63, 3.8) is 0 Å². The molecule has 140 valence electrons. The highest BCUT2D eigenvalue weighted by molar-refractivity contribution is 5.83. The fourth-order valence-electron chi connectivity index (χ4n) is 2.42. The summed E-state index contributed by atoms with van der Waals surface area (Å²) in [6.45, 7) is -0.703. The summed E-state index contributed by atoms with van der Waals surface area (Å²) >= 11 is 0. The monoisotopic (exact) mass is 377 g/mol. The zero-order valence-electron chi connectivity index (χ0n) is 14.6. The fourth-order valence-corrected chi connectivity index (χ4v) is 2.42. The quantitative estimate of drug-likeness (QED) is 0.624. The molecule has 0 atom stereocenters. The van der Waals surface area contributed by atoms with Gasteiger partial charge < -0.3 is 4.74 Å². The molecule has 0 radical (unpaired) electrons. The highest BCUT2D eigenvalue weighted by Gasteiger charge is 2.10. The number of rotatable bonds is 5. The van der Waals surface area contributed by atoms with Gasteiger partial charge in [-0.3, -0.25) is 29.8 Å². The Balaban J connectivity index is 1.53. The lowest BCUT2D eigenvalue weighted by Gasteiger charge is -2.10. The number of ether oxygens (including phenoxy) is 1. The Labute approximate surface area is 159 Å². The third-order valence-corrected chi connectivity index (χ3v) is 3.75. The van der Waals surface area contributed by atoms with Gasteiger partial charge in [-0.2, -0.15) is 5.26 Å². The van der Waals surface area contributed by atoms with Crippen LogP contribution in [0.15, 0.2) is 59.7 Å². The zero-order valence-corrected chi connectivity index (χ0v) is 14.6. The van der Waals surface area contributed by atoms with Gasteiger partial charge in [0.05, 0.1) is 22.8 Å². The van der Waals surface area contributed by atoms with E-state index in [9.17, 15) is 14.4 Å². The SMILES string of the molecule is N#Cc1ccccc1OCC(=O)NNC(=O)Cn1cnc2ccccc2c1=O. The van der Waals surface area contributed by atoms with Gasteiger partial charge in [0.1, 0.15) is 18.4 Å². The van der Waals surface area contributed by atoms with Gasteiger partial charge in [-0.15, -0.1) is 0 Å². The number of hydrazine groups is 1. The first-order chi connectivity index (χ1) is 13.6. The van der Waals surface area contributed by atoms with E-state index in [0.717, 1.165) is 4.57 Å². The number of fused-ring (bicyclic) bond motifs is 1. The molecule has 0 aliphatic heterocycles. The first-order valence-electron chi connectivity index (χ1n) is 8.22. The van der Waals surface area contributed by atoms with Crippen molar-refractivity contribution in [2.45, 2.75) is 6.54 Å². The molecule has 2 aromatic carbocycles. The summed E-state index contributed by atoms with van der Waals surface area (Å²) < 4.78 is 6.40. The molecular weight excluding hydrogens is 362 g/mol. The lowest BCUT2D eigenvalue weighted by Crippen LogP contribution is -2.46. The van der Waals surface area contributed by atoms with Gasteiger partial charge in [0.15, 0.2) is 6.61 Å². The van der Waals surface area contributed by atoms with Gasteiger partial charge in [0.2, 0.25) is 0 Å². The maximum absolute atomic E-state index is 12.3. The number of benzene rings is 2. The largest absolute Gasteiger partial charge is 0.482 e. The van der Waals surface area contributed by atoms with Crippen LogP contribution in [0.5, 0.6) is 5.75 Å². The number of amides is 2. The van der Waals surface area contributed by atoms with E-state index in [4.69, 9.17) is 10.00 Å². The molecule has 0 saturated heterocycles. The van der Waals surface area contributed by atoms with Crippen molar-refractivity contribution in [3.8, 4) is 11.8 Å². The zero-order chi connectivity index (χ0) is 19.9. The molecule has 0 aliphatic rings. The maximum atomic E-state index is 12.3. The van der Waals surface area contributed by atoms with Crippen molar-refractivity contribution in [3.05, 3.63) is 70.8 Å². The molecule has 3 aromatic rings. The summed E-state index contributed by atoms with van der Waals surface area (Å²) in [5, 5.41) is 9.36. The van der Waals surface area contributed by atoms with Crippen molar-refractivity contribution >= 4 is 22.7 Å². The topological polar surface area (TPSA) is 126 Å². The highest BCUT2D eigenvalue weighted by Crippen LogP contribution is 2.16. The Hall–Kier alpha value is -4.19. The maximum Gasteiger partial charge on any atom is 0.276 e. The van der Waals surface area contributed by atoms with Gasteiger partial charge in [-0.05, 0) is 24.3 Å². The summed E-state index contributed by atoms with van der Waals surface area (Å²) in [6, 6.07) is 15.2. The van der Waals surface area contributed by atoms with Gasteiger partial charge in [-0.1, -0.05) is 24.3 Å². The smallest absolute Gasteiger partial charge is 0.276 e. The normalized spacial score (nSPS) is 10.1. The lowest BCUT2D eigenvalue weighted by molar-refractivity contribution is -0.130. The highest BCUT2D eigenvalue weighted by atomic mass is 16.5. The number of nitriles is 1. The number of para-hydroxylation sites is 2. The predicted octanol–water partition coefficient (Wildman–Crippen LogP) is 0.495. The van der Waals surface area contributed by atoms with E-state index in [1.165, 1.54) is 6.33 Å². The molecule has 0 unspecified atom stereocenters. The molecule has 2 N–H and O–H groups in total. The van der Waals surface area contributed by atoms with Gasteiger partial charge in [0.25, 0.3) is 17.4 Å². The predicted molar refractivity (Wildman–Crippen MR) is 98.9 cm³/mol. The minimum atomic E-state index is -0.620. The Bertz CT molecular complexity index is 1130. The molecule has 1 heterocycles. The molecule has 0 bridgehead atoms. The summed E-state index contributed by atoms with van der Waals surface area (Å²) in [6.07, 6.45) is 1.27. The van der Waals surface area contributed by atoms with Crippen LogP contribution in [0.1, 0.15) is 5.56 Å². The van der Waals surface area contributed by atoms with Crippen LogP contribution in [0.2, 0.25) is 0 Å². The number of hydrogen-bond acceptors (Lipinski definition) is 6. The Morgan fingerprint density at radius 1 is 1.07 bits per heavy atom. The molecule has 0 spiro atoms.